The van der Waals surface area contributed by atoms with Gasteiger partial charge in [-0.3, -0.25) is 0 Å². The molecule has 0 fully saturated rings. The molecule has 1 aromatic rings. The SMILES string of the molecule is CCN(CC)c1ccc(Br)cc1C(=O)OC. The van der Waals surface area contributed by atoms with Gasteiger partial charge in [-0.2, -0.15) is 0 Å². The number of hydrogen-bond acceptors (Lipinski definition) is 3. The van der Waals surface area contributed by atoms with Crippen molar-refractivity contribution >= 4 is 27.6 Å². The summed E-state index contributed by atoms with van der Waals surface area (Å²) in [4.78, 5) is 13.8. The zero-order valence-electron chi connectivity index (χ0n) is 9.79. The number of hydrogen-bond donors (Lipinski definition) is 0. The summed E-state index contributed by atoms with van der Waals surface area (Å²) in [5.41, 5.74) is 1.51. The molecule has 0 aliphatic heterocycles. The zero-order valence-corrected chi connectivity index (χ0v) is 11.4. The van der Waals surface area contributed by atoms with Crippen molar-refractivity contribution in [2.24, 2.45) is 0 Å². The maximum atomic E-state index is 11.7. The Balaban J connectivity index is 3.21. The highest BCUT2D eigenvalue weighted by Gasteiger charge is 2.15. The summed E-state index contributed by atoms with van der Waals surface area (Å²) >= 11 is 3.36. The normalized spacial score (nSPS) is 10.0. The van der Waals surface area contributed by atoms with Crippen molar-refractivity contribution < 1.29 is 9.53 Å². The highest BCUT2D eigenvalue weighted by molar-refractivity contribution is 9.10. The van der Waals surface area contributed by atoms with Gasteiger partial charge in [0.2, 0.25) is 0 Å². The number of ether oxygens (including phenoxy) is 1. The van der Waals surface area contributed by atoms with Gasteiger partial charge >= 0.3 is 5.97 Å². The molecule has 0 radical (unpaired) electrons. The molecule has 0 saturated carbocycles. The Morgan fingerprint density at radius 3 is 2.50 bits per heavy atom. The van der Waals surface area contributed by atoms with Gasteiger partial charge in [-0.25, -0.2) is 4.79 Å². The van der Waals surface area contributed by atoms with E-state index in [0.29, 0.717) is 5.56 Å². The molecule has 16 heavy (non-hydrogen) atoms. The van der Waals surface area contributed by atoms with E-state index in [9.17, 15) is 4.79 Å². The first-order valence-corrected chi connectivity index (χ1v) is 6.06. The molecule has 88 valence electrons. The maximum absolute atomic E-state index is 11.7. The predicted molar refractivity (Wildman–Crippen MR) is 69.0 cm³/mol. The number of carbonyl (C=O) groups is 1. The van der Waals surface area contributed by atoms with E-state index in [1.165, 1.54) is 7.11 Å². The Labute approximate surface area is 105 Å². The molecule has 0 unspecified atom stereocenters. The average molecular weight is 286 g/mol. The topological polar surface area (TPSA) is 29.5 Å². The van der Waals surface area contributed by atoms with Crippen LogP contribution in [0.1, 0.15) is 24.2 Å². The van der Waals surface area contributed by atoms with Gasteiger partial charge in [-0.15, -0.1) is 0 Å². The van der Waals surface area contributed by atoms with Crippen LogP contribution in [0.5, 0.6) is 0 Å². The third-order valence-electron chi connectivity index (χ3n) is 2.47. The molecule has 3 nitrogen and oxygen atoms in total. The van der Waals surface area contributed by atoms with E-state index in [1.54, 1.807) is 6.07 Å². The summed E-state index contributed by atoms with van der Waals surface area (Å²) in [6.45, 7) is 5.85. The van der Waals surface area contributed by atoms with E-state index in [2.05, 4.69) is 34.7 Å². The Morgan fingerprint density at radius 2 is 2.00 bits per heavy atom. The second-order valence-corrected chi connectivity index (χ2v) is 4.24. The maximum Gasteiger partial charge on any atom is 0.340 e. The molecule has 0 aliphatic carbocycles. The molecule has 0 aromatic heterocycles. The third-order valence-corrected chi connectivity index (χ3v) is 2.96. The average Bonchev–Trinajstić information content (AvgIpc) is 2.31. The van der Waals surface area contributed by atoms with Crippen molar-refractivity contribution in [3.8, 4) is 0 Å². The highest BCUT2D eigenvalue weighted by atomic mass is 79.9. The summed E-state index contributed by atoms with van der Waals surface area (Å²) in [5, 5.41) is 0. The molecule has 0 aliphatic rings. The lowest BCUT2D eigenvalue weighted by Gasteiger charge is -2.23. The minimum atomic E-state index is -0.303. The fraction of sp³-hybridized carbons (Fsp3) is 0.417. The Bertz CT molecular complexity index is 375. The number of methoxy groups -OCH3 is 1. The van der Waals surface area contributed by atoms with E-state index in [0.717, 1.165) is 23.2 Å². The minimum Gasteiger partial charge on any atom is -0.465 e. The summed E-state index contributed by atoms with van der Waals surface area (Å²) in [6, 6.07) is 5.66. The zero-order chi connectivity index (χ0) is 12.1. The first-order chi connectivity index (χ1) is 7.63. The monoisotopic (exact) mass is 285 g/mol. The van der Waals surface area contributed by atoms with Crippen molar-refractivity contribution in [2.45, 2.75) is 13.8 Å². The molecule has 0 amide bonds. The lowest BCUT2D eigenvalue weighted by Crippen LogP contribution is -2.24. The van der Waals surface area contributed by atoms with Gasteiger partial charge < -0.3 is 9.64 Å². The van der Waals surface area contributed by atoms with Crippen molar-refractivity contribution in [3.05, 3.63) is 28.2 Å². The quantitative estimate of drug-likeness (QED) is 0.797. The van der Waals surface area contributed by atoms with E-state index >= 15 is 0 Å². The number of rotatable bonds is 4. The van der Waals surface area contributed by atoms with Crippen LogP contribution in [-0.4, -0.2) is 26.2 Å². The molecular weight excluding hydrogens is 270 g/mol. The van der Waals surface area contributed by atoms with Crippen LogP contribution in [0.15, 0.2) is 22.7 Å². The molecule has 0 heterocycles. The Kier molecular flexibility index (Phi) is 4.80. The van der Waals surface area contributed by atoms with E-state index < -0.39 is 0 Å². The molecule has 1 rings (SSSR count). The minimum absolute atomic E-state index is 0.303. The Hall–Kier alpha value is -1.03. The van der Waals surface area contributed by atoms with Gasteiger partial charge in [0.05, 0.1) is 18.4 Å². The van der Waals surface area contributed by atoms with Crippen molar-refractivity contribution in [2.75, 3.05) is 25.1 Å². The van der Waals surface area contributed by atoms with Gasteiger partial charge in [-0.05, 0) is 32.0 Å². The second-order valence-electron chi connectivity index (χ2n) is 3.33. The van der Waals surface area contributed by atoms with Gasteiger partial charge in [-0.1, -0.05) is 15.9 Å². The standard InChI is InChI=1S/C12H16BrNO2/c1-4-14(5-2)11-7-6-9(13)8-10(11)12(15)16-3/h6-8H,4-5H2,1-3H3. The van der Waals surface area contributed by atoms with E-state index in [4.69, 9.17) is 4.74 Å². The summed E-state index contributed by atoms with van der Waals surface area (Å²) < 4.78 is 5.66. The first-order valence-electron chi connectivity index (χ1n) is 5.26. The number of anilines is 1. The number of esters is 1. The smallest absolute Gasteiger partial charge is 0.340 e. The van der Waals surface area contributed by atoms with E-state index in [-0.39, 0.29) is 5.97 Å². The van der Waals surface area contributed by atoms with Gasteiger partial charge in [0.1, 0.15) is 0 Å². The van der Waals surface area contributed by atoms with Gasteiger partial charge in [0, 0.05) is 17.6 Å². The van der Waals surface area contributed by atoms with Crippen LogP contribution >= 0.6 is 15.9 Å². The summed E-state index contributed by atoms with van der Waals surface area (Å²) in [5.74, 6) is -0.303. The number of nitrogens with zero attached hydrogens (tertiary/aromatic N) is 1. The van der Waals surface area contributed by atoms with Gasteiger partial charge in [0.15, 0.2) is 0 Å². The second kappa shape index (κ2) is 5.89. The molecule has 0 atom stereocenters. The summed E-state index contributed by atoms with van der Waals surface area (Å²) in [7, 11) is 1.40. The predicted octanol–water partition coefficient (Wildman–Crippen LogP) is 3.08. The van der Waals surface area contributed by atoms with Crippen molar-refractivity contribution in [1.82, 2.24) is 0 Å². The largest absolute Gasteiger partial charge is 0.465 e. The van der Waals surface area contributed by atoms with Crippen LogP contribution < -0.4 is 4.90 Å². The third kappa shape index (κ3) is 2.76. The lowest BCUT2D eigenvalue weighted by molar-refractivity contribution is 0.0601. The van der Waals surface area contributed by atoms with Crippen molar-refractivity contribution in [3.63, 3.8) is 0 Å². The van der Waals surface area contributed by atoms with Crippen molar-refractivity contribution in [1.29, 1.82) is 0 Å². The van der Waals surface area contributed by atoms with Crippen LogP contribution in [0.3, 0.4) is 0 Å². The number of benzene rings is 1. The highest BCUT2D eigenvalue weighted by Crippen LogP contribution is 2.25. The molecule has 4 heteroatoms. The molecule has 1 aromatic carbocycles. The van der Waals surface area contributed by atoms with Crippen LogP contribution in [-0.2, 0) is 4.74 Å². The fourth-order valence-electron chi connectivity index (χ4n) is 1.62. The molecule has 0 spiro atoms. The summed E-state index contributed by atoms with van der Waals surface area (Å²) in [6.07, 6.45) is 0. The van der Waals surface area contributed by atoms with Crippen LogP contribution in [0.4, 0.5) is 5.69 Å². The number of carbonyl (C=O) groups excluding carboxylic acids is 1. The number of halogens is 1. The molecule has 0 N–H and O–H groups in total. The van der Waals surface area contributed by atoms with Crippen LogP contribution in [0.25, 0.3) is 0 Å². The molecular formula is C12H16BrNO2. The first kappa shape index (κ1) is 13.0. The van der Waals surface area contributed by atoms with Gasteiger partial charge in [0.25, 0.3) is 0 Å². The molecule has 0 bridgehead atoms. The lowest BCUT2D eigenvalue weighted by atomic mass is 10.1. The van der Waals surface area contributed by atoms with Crippen LogP contribution in [0.2, 0.25) is 0 Å². The Morgan fingerprint density at radius 1 is 1.38 bits per heavy atom. The molecule has 0 saturated heterocycles. The van der Waals surface area contributed by atoms with E-state index in [1.807, 2.05) is 12.1 Å². The van der Waals surface area contributed by atoms with Crippen LogP contribution in [0, 0.1) is 0 Å². The fourth-order valence-corrected chi connectivity index (χ4v) is 1.98.